The number of aromatic nitrogens is 2. The van der Waals surface area contributed by atoms with Crippen molar-refractivity contribution < 1.29 is 0 Å². The molecule has 0 radical (unpaired) electrons. The number of nitrogens with two attached hydrogens (primary N) is 1. The van der Waals surface area contributed by atoms with E-state index in [4.69, 9.17) is 5.73 Å². The topological polar surface area (TPSA) is 43.8 Å². The van der Waals surface area contributed by atoms with Gasteiger partial charge in [-0.15, -0.1) is 0 Å². The van der Waals surface area contributed by atoms with Gasteiger partial charge in [0.15, 0.2) is 0 Å². The molecule has 2 N–H and O–H groups in total. The summed E-state index contributed by atoms with van der Waals surface area (Å²) in [6.07, 6.45) is 13.6. The van der Waals surface area contributed by atoms with E-state index in [0.717, 1.165) is 12.1 Å². The molecule has 2 unspecified atom stereocenters. The molecule has 3 rings (SSSR count). The van der Waals surface area contributed by atoms with Crippen LogP contribution in [-0.4, -0.2) is 9.55 Å². The Morgan fingerprint density at radius 2 is 2.27 bits per heavy atom. The maximum absolute atomic E-state index is 5.85. The van der Waals surface area contributed by atoms with Crippen molar-refractivity contribution in [2.24, 2.45) is 11.7 Å². The van der Waals surface area contributed by atoms with Crippen LogP contribution in [0.15, 0.2) is 42.1 Å². The minimum atomic E-state index is 0.516. The van der Waals surface area contributed by atoms with Crippen LogP contribution < -0.4 is 5.73 Å². The van der Waals surface area contributed by atoms with Gasteiger partial charge >= 0.3 is 0 Å². The maximum atomic E-state index is 5.85. The van der Waals surface area contributed by atoms with E-state index in [1.54, 1.807) is 0 Å². The third kappa shape index (κ3) is 1.39. The highest BCUT2D eigenvalue weighted by atomic mass is 15.1. The second-order valence-corrected chi connectivity index (χ2v) is 4.41. The standard InChI is InChI=1S/C12H15N3/c13-10-2-3-11-9(7-10)1-4-12(11)15-6-5-14-8-15/h2-3,5-6,8-9,12H,1,4,7,13H2. The number of nitrogens with zero attached hydrogens (tertiary/aromatic N) is 2. The van der Waals surface area contributed by atoms with E-state index >= 15 is 0 Å². The Bertz CT molecular complexity index is 414. The Hall–Kier alpha value is -1.51. The van der Waals surface area contributed by atoms with Crippen LogP contribution in [0.2, 0.25) is 0 Å². The van der Waals surface area contributed by atoms with Crippen LogP contribution in [0.25, 0.3) is 0 Å². The first kappa shape index (κ1) is 8.77. The number of hydrogen-bond donors (Lipinski definition) is 1. The molecule has 2 aliphatic rings. The van der Waals surface area contributed by atoms with Gasteiger partial charge in [0.05, 0.1) is 12.4 Å². The lowest BCUT2D eigenvalue weighted by Crippen LogP contribution is -2.13. The lowest BCUT2D eigenvalue weighted by Gasteiger charge is -2.20. The zero-order valence-electron chi connectivity index (χ0n) is 8.63. The van der Waals surface area contributed by atoms with Crippen LogP contribution in [0.1, 0.15) is 25.3 Å². The van der Waals surface area contributed by atoms with Crippen molar-refractivity contribution in [3.8, 4) is 0 Å². The molecule has 0 aromatic carbocycles. The lowest BCUT2D eigenvalue weighted by molar-refractivity contribution is 0.585. The third-order valence-electron chi connectivity index (χ3n) is 3.50. The second-order valence-electron chi connectivity index (χ2n) is 4.41. The fraction of sp³-hybridized carbons (Fsp3) is 0.417. The van der Waals surface area contributed by atoms with E-state index in [9.17, 15) is 0 Å². The minimum Gasteiger partial charge on any atom is -0.402 e. The molecular formula is C12H15N3. The Kier molecular flexibility index (Phi) is 1.91. The Morgan fingerprint density at radius 1 is 1.33 bits per heavy atom. The van der Waals surface area contributed by atoms with E-state index in [-0.39, 0.29) is 0 Å². The molecule has 0 amide bonds. The quantitative estimate of drug-likeness (QED) is 0.755. The summed E-state index contributed by atoms with van der Waals surface area (Å²) in [5, 5.41) is 0. The van der Waals surface area contributed by atoms with Crippen molar-refractivity contribution in [3.05, 3.63) is 42.1 Å². The monoisotopic (exact) mass is 201 g/mol. The van der Waals surface area contributed by atoms with Gasteiger partial charge in [0.1, 0.15) is 0 Å². The summed E-state index contributed by atoms with van der Waals surface area (Å²) in [5.41, 5.74) is 8.41. The minimum absolute atomic E-state index is 0.516. The molecule has 2 atom stereocenters. The average molecular weight is 201 g/mol. The highest BCUT2D eigenvalue weighted by Gasteiger charge is 2.32. The fourth-order valence-electron chi connectivity index (χ4n) is 2.76. The van der Waals surface area contributed by atoms with Gasteiger partial charge in [-0.25, -0.2) is 4.98 Å². The van der Waals surface area contributed by atoms with Crippen LogP contribution in [0.3, 0.4) is 0 Å². The maximum Gasteiger partial charge on any atom is 0.0951 e. The Labute approximate surface area is 89.3 Å². The third-order valence-corrected chi connectivity index (χ3v) is 3.50. The van der Waals surface area contributed by atoms with Crippen LogP contribution >= 0.6 is 0 Å². The van der Waals surface area contributed by atoms with Gasteiger partial charge in [-0.1, -0.05) is 6.08 Å². The van der Waals surface area contributed by atoms with Crippen molar-refractivity contribution >= 4 is 0 Å². The van der Waals surface area contributed by atoms with Crippen LogP contribution in [0.4, 0.5) is 0 Å². The fourth-order valence-corrected chi connectivity index (χ4v) is 2.76. The van der Waals surface area contributed by atoms with Crippen molar-refractivity contribution in [2.75, 3.05) is 0 Å². The zero-order chi connectivity index (χ0) is 10.3. The van der Waals surface area contributed by atoms with Gasteiger partial charge < -0.3 is 10.3 Å². The zero-order valence-corrected chi connectivity index (χ0v) is 8.63. The molecule has 2 aliphatic carbocycles. The van der Waals surface area contributed by atoms with E-state index in [0.29, 0.717) is 12.0 Å². The molecule has 1 saturated carbocycles. The van der Waals surface area contributed by atoms with Gasteiger partial charge in [0.2, 0.25) is 0 Å². The lowest BCUT2D eigenvalue weighted by atomic mass is 9.91. The highest BCUT2D eigenvalue weighted by molar-refractivity contribution is 5.30. The van der Waals surface area contributed by atoms with E-state index in [2.05, 4.69) is 27.9 Å². The van der Waals surface area contributed by atoms with Crippen molar-refractivity contribution in [1.29, 1.82) is 0 Å². The Balaban J connectivity index is 1.94. The molecule has 0 saturated heterocycles. The Morgan fingerprint density at radius 3 is 3.07 bits per heavy atom. The van der Waals surface area contributed by atoms with E-state index in [1.165, 1.54) is 18.4 Å². The smallest absolute Gasteiger partial charge is 0.0951 e. The SMILES string of the molecule is NC1=CC=C2C(CCC2n2ccnc2)C1. The normalized spacial score (nSPS) is 29.6. The van der Waals surface area contributed by atoms with Crippen molar-refractivity contribution in [3.63, 3.8) is 0 Å². The van der Waals surface area contributed by atoms with Gasteiger partial charge in [-0.3, -0.25) is 0 Å². The molecule has 3 nitrogen and oxygen atoms in total. The summed E-state index contributed by atoms with van der Waals surface area (Å²) < 4.78 is 2.21. The predicted octanol–water partition coefficient (Wildman–Crippen LogP) is 2.01. The summed E-state index contributed by atoms with van der Waals surface area (Å²) >= 11 is 0. The first-order chi connectivity index (χ1) is 7.34. The van der Waals surface area contributed by atoms with E-state index in [1.807, 2.05) is 12.5 Å². The molecule has 3 heteroatoms. The predicted molar refractivity (Wildman–Crippen MR) is 59.0 cm³/mol. The largest absolute Gasteiger partial charge is 0.402 e. The first-order valence-corrected chi connectivity index (χ1v) is 5.48. The van der Waals surface area contributed by atoms with Crippen LogP contribution in [-0.2, 0) is 0 Å². The summed E-state index contributed by atoms with van der Waals surface area (Å²) in [4.78, 5) is 4.11. The number of fused-ring (bicyclic) bond motifs is 1. The molecular weight excluding hydrogens is 186 g/mol. The van der Waals surface area contributed by atoms with Gasteiger partial charge in [-0.05, 0) is 36.8 Å². The van der Waals surface area contributed by atoms with Crippen LogP contribution in [0.5, 0.6) is 0 Å². The molecule has 0 aliphatic heterocycles. The van der Waals surface area contributed by atoms with Gasteiger partial charge in [0, 0.05) is 18.1 Å². The first-order valence-electron chi connectivity index (χ1n) is 5.48. The van der Waals surface area contributed by atoms with E-state index < -0.39 is 0 Å². The van der Waals surface area contributed by atoms with Gasteiger partial charge in [0.25, 0.3) is 0 Å². The number of rotatable bonds is 1. The number of imidazole rings is 1. The molecule has 1 heterocycles. The molecule has 0 spiro atoms. The summed E-state index contributed by atoms with van der Waals surface area (Å²) in [6.45, 7) is 0. The summed E-state index contributed by atoms with van der Waals surface area (Å²) in [6, 6.07) is 0.516. The number of hydrogen-bond acceptors (Lipinski definition) is 2. The second kappa shape index (κ2) is 3.26. The molecule has 1 aromatic heterocycles. The van der Waals surface area contributed by atoms with Crippen molar-refractivity contribution in [2.45, 2.75) is 25.3 Å². The van der Waals surface area contributed by atoms with Crippen LogP contribution in [0, 0.1) is 5.92 Å². The number of allylic oxidation sites excluding steroid dienone is 4. The molecule has 1 aromatic rings. The molecule has 1 fully saturated rings. The highest BCUT2D eigenvalue weighted by Crippen LogP contribution is 2.43. The summed E-state index contributed by atoms with van der Waals surface area (Å²) in [7, 11) is 0. The van der Waals surface area contributed by atoms with Gasteiger partial charge in [-0.2, -0.15) is 0 Å². The van der Waals surface area contributed by atoms with Crippen molar-refractivity contribution in [1.82, 2.24) is 9.55 Å². The average Bonchev–Trinajstić information content (AvgIpc) is 2.82. The molecule has 78 valence electrons. The summed E-state index contributed by atoms with van der Waals surface area (Å²) in [5.74, 6) is 0.669. The molecule has 15 heavy (non-hydrogen) atoms. The molecule has 0 bridgehead atoms.